The van der Waals surface area contributed by atoms with Crippen molar-refractivity contribution in [1.82, 2.24) is 5.32 Å². The molecule has 1 atom stereocenters. The van der Waals surface area contributed by atoms with Gasteiger partial charge in [0, 0.05) is 18.7 Å². The minimum Gasteiger partial charge on any atom is -0.336 e. The molecule has 2 aromatic rings. The van der Waals surface area contributed by atoms with Gasteiger partial charge < -0.3 is 16.4 Å². The van der Waals surface area contributed by atoms with Crippen molar-refractivity contribution in [2.24, 2.45) is 5.73 Å². The highest BCUT2D eigenvalue weighted by Crippen LogP contribution is 2.14. The lowest BCUT2D eigenvalue weighted by molar-refractivity contribution is 0.251. The summed E-state index contributed by atoms with van der Waals surface area (Å²) in [6, 6.07) is 11.2. The predicted octanol–water partition coefficient (Wildman–Crippen LogP) is 2.79. The van der Waals surface area contributed by atoms with E-state index in [2.05, 4.69) is 10.6 Å². The third-order valence-corrected chi connectivity index (χ3v) is 2.89. The molecule has 2 rings (SSSR count). The Morgan fingerprint density at radius 2 is 1.86 bits per heavy atom. The predicted molar refractivity (Wildman–Crippen MR) is 76.7 cm³/mol. The van der Waals surface area contributed by atoms with Crippen LogP contribution in [0.5, 0.6) is 0 Å². The summed E-state index contributed by atoms with van der Waals surface area (Å²) in [5, 5.41) is 4.83. The van der Waals surface area contributed by atoms with Crippen molar-refractivity contribution in [3.63, 3.8) is 0 Å². The van der Waals surface area contributed by atoms with E-state index in [1.807, 2.05) is 30.3 Å². The van der Waals surface area contributed by atoms with Crippen LogP contribution in [0.4, 0.5) is 19.3 Å². The molecule has 0 aromatic heterocycles. The normalized spacial score (nSPS) is 11.8. The fourth-order valence-electron chi connectivity index (χ4n) is 1.78. The average Bonchev–Trinajstić information content (AvgIpc) is 2.48. The average molecular weight is 291 g/mol. The number of halogens is 2. The van der Waals surface area contributed by atoms with Crippen LogP contribution in [-0.4, -0.2) is 12.6 Å². The van der Waals surface area contributed by atoms with Crippen molar-refractivity contribution in [3.05, 3.63) is 65.7 Å². The lowest BCUT2D eigenvalue weighted by Crippen LogP contribution is -2.35. The smallest absolute Gasteiger partial charge is 0.319 e. The number of hydrogen-bond donors (Lipinski definition) is 3. The standard InChI is InChI=1S/C15H15F2N3O/c16-11-6-7-14(12(17)8-11)20-15(21)19-9-13(18)10-4-2-1-3-5-10/h1-8,13H,9,18H2,(H2,19,20,21). The largest absolute Gasteiger partial charge is 0.336 e. The maximum Gasteiger partial charge on any atom is 0.319 e. The molecule has 2 aromatic carbocycles. The number of hydrogen-bond acceptors (Lipinski definition) is 2. The highest BCUT2D eigenvalue weighted by Gasteiger charge is 2.10. The summed E-state index contributed by atoms with van der Waals surface area (Å²) in [7, 11) is 0. The van der Waals surface area contributed by atoms with Gasteiger partial charge in [-0.1, -0.05) is 30.3 Å². The van der Waals surface area contributed by atoms with Gasteiger partial charge in [0.15, 0.2) is 0 Å². The molecule has 6 heteroatoms. The maximum atomic E-state index is 13.4. The van der Waals surface area contributed by atoms with E-state index < -0.39 is 17.7 Å². The van der Waals surface area contributed by atoms with E-state index in [0.717, 1.165) is 17.7 Å². The van der Waals surface area contributed by atoms with Crippen molar-refractivity contribution in [2.45, 2.75) is 6.04 Å². The molecule has 2 amide bonds. The first-order valence-electron chi connectivity index (χ1n) is 6.36. The van der Waals surface area contributed by atoms with Gasteiger partial charge in [0.05, 0.1) is 5.69 Å². The first-order valence-corrected chi connectivity index (χ1v) is 6.36. The summed E-state index contributed by atoms with van der Waals surface area (Å²) in [4.78, 5) is 11.6. The molecule has 0 saturated carbocycles. The van der Waals surface area contributed by atoms with Gasteiger partial charge in [-0.25, -0.2) is 13.6 Å². The van der Waals surface area contributed by atoms with Gasteiger partial charge >= 0.3 is 6.03 Å². The number of benzene rings is 2. The van der Waals surface area contributed by atoms with Crippen molar-refractivity contribution in [1.29, 1.82) is 0 Å². The number of anilines is 1. The van der Waals surface area contributed by atoms with Crippen molar-refractivity contribution >= 4 is 11.7 Å². The zero-order valence-electron chi connectivity index (χ0n) is 11.1. The Hall–Kier alpha value is -2.47. The molecule has 0 spiro atoms. The molecule has 0 aliphatic carbocycles. The van der Waals surface area contributed by atoms with Crippen molar-refractivity contribution in [2.75, 3.05) is 11.9 Å². The number of rotatable bonds is 4. The summed E-state index contributed by atoms with van der Waals surface area (Å²) in [5.74, 6) is -1.54. The number of carbonyl (C=O) groups is 1. The van der Waals surface area contributed by atoms with E-state index in [1.54, 1.807) is 0 Å². The zero-order valence-corrected chi connectivity index (χ0v) is 11.1. The molecule has 0 bridgehead atoms. The molecule has 110 valence electrons. The van der Waals surface area contributed by atoms with Crippen LogP contribution in [0, 0.1) is 11.6 Å². The van der Waals surface area contributed by atoms with Crippen molar-refractivity contribution in [3.8, 4) is 0 Å². The van der Waals surface area contributed by atoms with Crippen LogP contribution in [0.3, 0.4) is 0 Å². The van der Waals surface area contributed by atoms with E-state index in [1.165, 1.54) is 0 Å². The molecule has 1 unspecified atom stereocenters. The molecule has 4 N–H and O–H groups in total. The van der Waals surface area contributed by atoms with Crippen LogP contribution in [0.15, 0.2) is 48.5 Å². The van der Waals surface area contributed by atoms with Crippen molar-refractivity contribution < 1.29 is 13.6 Å². The molecular weight excluding hydrogens is 276 g/mol. The second kappa shape index (κ2) is 6.81. The highest BCUT2D eigenvalue weighted by atomic mass is 19.1. The van der Waals surface area contributed by atoms with Gasteiger partial charge in [0.25, 0.3) is 0 Å². The number of nitrogens with one attached hydrogen (secondary N) is 2. The Balaban J connectivity index is 1.87. The SMILES string of the molecule is NC(CNC(=O)Nc1ccc(F)cc1F)c1ccccc1. The number of carbonyl (C=O) groups excluding carboxylic acids is 1. The molecule has 0 aliphatic heterocycles. The second-order valence-electron chi connectivity index (χ2n) is 4.48. The molecule has 0 aliphatic rings. The van der Waals surface area contributed by atoms with E-state index >= 15 is 0 Å². The summed E-state index contributed by atoms with van der Waals surface area (Å²) >= 11 is 0. The third kappa shape index (κ3) is 4.25. The topological polar surface area (TPSA) is 67.1 Å². The van der Waals surface area contributed by atoms with Crippen LogP contribution >= 0.6 is 0 Å². The Labute approximate surface area is 121 Å². The summed E-state index contributed by atoms with van der Waals surface area (Å²) in [5.41, 5.74) is 6.71. The number of amides is 2. The zero-order chi connectivity index (χ0) is 15.2. The van der Waals surface area contributed by atoms with E-state index in [9.17, 15) is 13.6 Å². The third-order valence-electron chi connectivity index (χ3n) is 2.89. The first-order chi connectivity index (χ1) is 10.1. The molecule has 0 heterocycles. The van der Waals surface area contributed by atoms with E-state index in [4.69, 9.17) is 5.73 Å². The van der Waals surface area contributed by atoms with Crippen LogP contribution in [0.25, 0.3) is 0 Å². The summed E-state index contributed by atoms with van der Waals surface area (Å²) in [6.07, 6.45) is 0. The fraction of sp³-hybridized carbons (Fsp3) is 0.133. The molecule has 4 nitrogen and oxygen atoms in total. The summed E-state index contributed by atoms with van der Waals surface area (Å²) in [6.45, 7) is 0.193. The van der Waals surface area contributed by atoms with Gasteiger partial charge in [0.2, 0.25) is 0 Å². The summed E-state index contributed by atoms with van der Waals surface area (Å²) < 4.78 is 26.1. The molecule has 0 radical (unpaired) electrons. The lowest BCUT2D eigenvalue weighted by Gasteiger charge is -2.14. The Morgan fingerprint density at radius 3 is 2.52 bits per heavy atom. The van der Waals surface area contributed by atoms with Gasteiger partial charge in [-0.3, -0.25) is 0 Å². The van der Waals surface area contributed by atoms with E-state index in [0.29, 0.717) is 6.07 Å². The lowest BCUT2D eigenvalue weighted by atomic mass is 10.1. The van der Waals surface area contributed by atoms with Gasteiger partial charge in [0.1, 0.15) is 11.6 Å². The maximum absolute atomic E-state index is 13.4. The minimum absolute atomic E-state index is 0.0952. The van der Waals surface area contributed by atoms with Gasteiger partial charge in [-0.2, -0.15) is 0 Å². The van der Waals surface area contributed by atoms with Gasteiger partial charge in [-0.05, 0) is 17.7 Å². The Kier molecular flexibility index (Phi) is 4.84. The number of nitrogens with two attached hydrogens (primary N) is 1. The van der Waals surface area contributed by atoms with Crippen LogP contribution in [-0.2, 0) is 0 Å². The van der Waals surface area contributed by atoms with Crippen LogP contribution in [0.1, 0.15) is 11.6 Å². The van der Waals surface area contributed by atoms with E-state index in [-0.39, 0.29) is 18.3 Å². The fourth-order valence-corrected chi connectivity index (χ4v) is 1.78. The highest BCUT2D eigenvalue weighted by molar-refractivity contribution is 5.89. The Bertz CT molecular complexity index is 620. The molecule has 0 saturated heterocycles. The van der Waals surface area contributed by atoms with Crippen LogP contribution < -0.4 is 16.4 Å². The molecule has 0 fully saturated rings. The first kappa shape index (κ1) is 14.9. The molecular formula is C15H15F2N3O. The quantitative estimate of drug-likeness (QED) is 0.811. The minimum atomic E-state index is -0.836. The monoisotopic (exact) mass is 291 g/mol. The molecule has 21 heavy (non-hydrogen) atoms. The van der Waals surface area contributed by atoms with Crippen LogP contribution in [0.2, 0.25) is 0 Å². The number of urea groups is 1. The Morgan fingerprint density at radius 1 is 1.14 bits per heavy atom. The second-order valence-corrected chi connectivity index (χ2v) is 4.48. The van der Waals surface area contributed by atoms with Gasteiger partial charge in [-0.15, -0.1) is 0 Å².